The van der Waals surface area contributed by atoms with Crippen LogP contribution < -0.4 is 0 Å². The zero-order valence-electron chi connectivity index (χ0n) is 9.56. The van der Waals surface area contributed by atoms with Gasteiger partial charge < -0.3 is 0 Å². The summed E-state index contributed by atoms with van der Waals surface area (Å²) in [4.78, 5) is 0. The van der Waals surface area contributed by atoms with Crippen molar-refractivity contribution in [1.82, 2.24) is 9.78 Å². The van der Waals surface area contributed by atoms with Gasteiger partial charge in [0.1, 0.15) is 0 Å². The van der Waals surface area contributed by atoms with E-state index in [1.165, 1.54) is 0 Å². The number of hydrogen-bond donors (Lipinski definition) is 0. The van der Waals surface area contributed by atoms with Crippen molar-refractivity contribution in [2.75, 3.05) is 0 Å². The van der Waals surface area contributed by atoms with E-state index in [0.29, 0.717) is 0 Å². The van der Waals surface area contributed by atoms with Gasteiger partial charge in [0.15, 0.2) is 0 Å². The van der Waals surface area contributed by atoms with E-state index in [9.17, 15) is 0 Å². The highest BCUT2D eigenvalue weighted by Gasteiger charge is 2.14. The van der Waals surface area contributed by atoms with E-state index < -0.39 is 0 Å². The molecule has 0 amide bonds. The van der Waals surface area contributed by atoms with Crippen LogP contribution in [0.2, 0.25) is 5.02 Å². The first-order valence-corrected chi connectivity index (χ1v) is 6.29. The van der Waals surface area contributed by atoms with Crippen LogP contribution in [0.5, 0.6) is 0 Å². The Kier molecular flexibility index (Phi) is 4.94. The Labute approximate surface area is 102 Å². The summed E-state index contributed by atoms with van der Waals surface area (Å²) >= 11 is 12.2. The Balaban J connectivity index is 2.88. The molecular weight excluding hydrogens is 231 g/mol. The van der Waals surface area contributed by atoms with E-state index in [2.05, 4.69) is 18.9 Å². The minimum atomic E-state index is 0.186. The molecule has 1 rings (SSSR count). The second-order valence-electron chi connectivity index (χ2n) is 3.70. The summed E-state index contributed by atoms with van der Waals surface area (Å²) in [5.41, 5.74) is 2.12. The normalized spacial score (nSPS) is 13.1. The lowest BCUT2D eigenvalue weighted by molar-refractivity contribution is 0.602. The number of aromatic nitrogens is 2. The molecule has 0 fully saturated rings. The van der Waals surface area contributed by atoms with E-state index in [1.807, 2.05) is 11.6 Å². The van der Waals surface area contributed by atoms with Crippen LogP contribution in [0, 0.1) is 0 Å². The summed E-state index contributed by atoms with van der Waals surface area (Å²) in [6.07, 6.45) is 2.73. The van der Waals surface area contributed by atoms with E-state index in [-0.39, 0.29) is 5.38 Å². The van der Waals surface area contributed by atoms with Gasteiger partial charge in [-0.25, -0.2) is 0 Å². The Morgan fingerprint density at radius 2 is 2.07 bits per heavy atom. The highest BCUT2D eigenvalue weighted by molar-refractivity contribution is 6.31. The lowest BCUT2D eigenvalue weighted by Gasteiger charge is -2.06. The van der Waals surface area contributed by atoms with Crippen molar-refractivity contribution in [2.45, 2.75) is 52.0 Å². The molecule has 1 aromatic rings. The Morgan fingerprint density at radius 3 is 2.53 bits per heavy atom. The highest BCUT2D eigenvalue weighted by Crippen LogP contribution is 2.23. The molecule has 0 radical (unpaired) electrons. The van der Waals surface area contributed by atoms with Crippen LogP contribution in [0.4, 0.5) is 0 Å². The average molecular weight is 249 g/mol. The summed E-state index contributed by atoms with van der Waals surface area (Å²) < 4.78 is 1.99. The van der Waals surface area contributed by atoms with Crippen molar-refractivity contribution >= 4 is 23.2 Å². The van der Waals surface area contributed by atoms with E-state index >= 15 is 0 Å². The van der Waals surface area contributed by atoms with E-state index in [4.69, 9.17) is 23.2 Å². The quantitative estimate of drug-likeness (QED) is 0.728. The first kappa shape index (κ1) is 12.9. The summed E-state index contributed by atoms with van der Waals surface area (Å²) in [7, 11) is 0. The second-order valence-corrected chi connectivity index (χ2v) is 4.82. The van der Waals surface area contributed by atoms with Crippen molar-refractivity contribution in [2.24, 2.45) is 0 Å². The molecular formula is C11H18Cl2N2. The van der Waals surface area contributed by atoms with Crippen molar-refractivity contribution in [3.8, 4) is 0 Å². The number of aryl methyl sites for hydroxylation is 2. The molecule has 0 aliphatic rings. The van der Waals surface area contributed by atoms with Gasteiger partial charge in [-0.2, -0.15) is 5.10 Å². The Morgan fingerprint density at radius 1 is 1.40 bits per heavy atom. The third-order valence-corrected chi connectivity index (χ3v) is 3.13. The van der Waals surface area contributed by atoms with Gasteiger partial charge in [-0.3, -0.25) is 4.68 Å². The molecule has 0 aromatic carbocycles. The van der Waals surface area contributed by atoms with Gasteiger partial charge in [-0.15, -0.1) is 11.6 Å². The maximum absolute atomic E-state index is 6.27. The molecule has 4 heteroatoms. The van der Waals surface area contributed by atoms with Crippen LogP contribution in [0.25, 0.3) is 0 Å². The van der Waals surface area contributed by atoms with E-state index in [1.54, 1.807) is 0 Å². The molecule has 1 unspecified atom stereocenters. The molecule has 0 N–H and O–H groups in total. The number of alkyl halides is 1. The molecule has 0 bridgehead atoms. The largest absolute Gasteiger partial charge is 0.268 e. The van der Waals surface area contributed by atoms with Gasteiger partial charge in [-0.05, 0) is 33.1 Å². The van der Waals surface area contributed by atoms with Crippen molar-refractivity contribution < 1.29 is 0 Å². The van der Waals surface area contributed by atoms with Crippen LogP contribution in [-0.4, -0.2) is 15.2 Å². The van der Waals surface area contributed by atoms with Crippen LogP contribution in [0.1, 0.15) is 38.6 Å². The zero-order valence-corrected chi connectivity index (χ0v) is 11.1. The summed E-state index contributed by atoms with van der Waals surface area (Å²) in [6, 6.07) is 0. The summed E-state index contributed by atoms with van der Waals surface area (Å²) in [6.45, 7) is 7.02. The fourth-order valence-electron chi connectivity index (χ4n) is 1.59. The van der Waals surface area contributed by atoms with Crippen molar-refractivity contribution in [3.05, 3.63) is 16.4 Å². The first-order chi connectivity index (χ1) is 7.10. The van der Waals surface area contributed by atoms with Gasteiger partial charge in [0, 0.05) is 11.9 Å². The molecule has 86 valence electrons. The molecule has 0 saturated heterocycles. The minimum absolute atomic E-state index is 0.186. The van der Waals surface area contributed by atoms with Crippen LogP contribution in [-0.2, 0) is 19.4 Å². The van der Waals surface area contributed by atoms with Crippen molar-refractivity contribution in [1.29, 1.82) is 0 Å². The predicted molar refractivity (Wildman–Crippen MR) is 65.9 cm³/mol. The lowest BCUT2D eigenvalue weighted by atomic mass is 10.2. The van der Waals surface area contributed by atoms with Crippen molar-refractivity contribution in [3.63, 3.8) is 0 Å². The number of rotatable bonds is 5. The SMILES string of the molecule is CCc1nn(CC)c(CCC(C)Cl)c1Cl. The molecule has 0 aliphatic heterocycles. The monoisotopic (exact) mass is 248 g/mol. The molecule has 1 aromatic heterocycles. The summed E-state index contributed by atoms with van der Waals surface area (Å²) in [5.74, 6) is 0. The molecule has 0 aliphatic carbocycles. The maximum Gasteiger partial charge on any atom is 0.0849 e. The topological polar surface area (TPSA) is 17.8 Å². The van der Waals surface area contributed by atoms with Crippen LogP contribution >= 0.6 is 23.2 Å². The Bertz CT molecular complexity index is 319. The molecule has 1 atom stereocenters. The van der Waals surface area contributed by atoms with Gasteiger partial charge in [0.05, 0.1) is 16.4 Å². The maximum atomic E-state index is 6.27. The highest BCUT2D eigenvalue weighted by atomic mass is 35.5. The Hall–Kier alpha value is -0.210. The zero-order chi connectivity index (χ0) is 11.4. The third kappa shape index (κ3) is 3.12. The third-order valence-electron chi connectivity index (χ3n) is 2.47. The number of hydrogen-bond acceptors (Lipinski definition) is 1. The average Bonchev–Trinajstić information content (AvgIpc) is 2.51. The van der Waals surface area contributed by atoms with Crippen LogP contribution in [0.3, 0.4) is 0 Å². The second kappa shape index (κ2) is 5.76. The van der Waals surface area contributed by atoms with Gasteiger partial charge in [0.25, 0.3) is 0 Å². The van der Waals surface area contributed by atoms with Gasteiger partial charge >= 0.3 is 0 Å². The molecule has 1 heterocycles. The van der Waals surface area contributed by atoms with Crippen LogP contribution in [0.15, 0.2) is 0 Å². The van der Waals surface area contributed by atoms with Gasteiger partial charge in [-0.1, -0.05) is 18.5 Å². The fraction of sp³-hybridized carbons (Fsp3) is 0.727. The number of nitrogens with zero attached hydrogens (tertiary/aromatic N) is 2. The van der Waals surface area contributed by atoms with E-state index in [0.717, 1.165) is 42.2 Å². The van der Waals surface area contributed by atoms with Gasteiger partial charge in [0.2, 0.25) is 0 Å². The molecule has 0 saturated carbocycles. The molecule has 15 heavy (non-hydrogen) atoms. The molecule has 2 nitrogen and oxygen atoms in total. The summed E-state index contributed by atoms with van der Waals surface area (Å²) in [5, 5.41) is 5.48. The number of halogens is 2. The fourth-order valence-corrected chi connectivity index (χ4v) is 2.06. The minimum Gasteiger partial charge on any atom is -0.268 e. The lowest BCUT2D eigenvalue weighted by Crippen LogP contribution is -2.05. The standard InChI is InChI=1S/C11H18Cl2N2/c1-4-9-11(13)10(7-6-8(3)12)15(5-2)14-9/h8H,4-7H2,1-3H3. The molecule has 0 spiro atoms. The smallest absolute Gasteiger partial charge is 0.0849 e. The predicted octanol–water partition coefficient (Wildman–Crippen LogP) is 3.68. The first-order valence-electron chi connectivity index (χ1n) is 5.48.